The number of hydrogen-bond donors (Lipinski definition) is 2. The molecule has 4 nitrogen and oxygen atoms in total. The summed E-state index contributed by atoms with van der Waals surface area (Å²) in [4.78, 5) is 24.3. The highest BCUT2D eigenvalue weighted by Crippen LogP contribution is 2.49. The Morgan fingerprint density at radius 3 is 2.00 bits per heavy atom. The number of carbonyl (C=O) groups excluding carboxylic acids is 2. The normalized spacial score (nSPS) is 21.1. The molecule has 0 aliphatic heterocycles. The van der Waals surface area contributed by atoms with E-state index in [4.69, 9.17) is 5.73 Å². The first kappa shape index (κ1) is 15.0. The molecule has 4 heteroatoms. The highest BCUT2D eigenvalue weighted by Gasteiger charge is 2.52. The molecule has 3 N–H and O–H groups in total. The zero-order valence-electron chi connectivity index (χ0n) is 12.0. The Morgan fingerprint density at radius 2 is 1.67 bits per heavy atom. The molecule has 1 aliphatic rings. The smallest absolute Gasteiger partial charge is 0.224 e. The second-order valence-corrected chi connectivity index (χ2v) is 6.49. The second-order valence-electron chi connectivity index (χ2n) is 6.49. The Bertz CT molecular complexity index is 325. The molecule has 1 rings (SSSR count). The number of hydrogen-bond acceptors (Lipinski definition) is 2. The summed E-state index contributed by atoms with van der Waals surface area (Å²) in [6.07, 6.45) is 4.55. The van der Waals surface area contributed by atoms with Gasteiger partial charge in [0.25, 0.3) is 0 Å². The first-order chi connectivity index (χ1) is 8.25. The minimum atomic E-state index is -0.670. The third-order valence-electron chi connectivity index (χ3n) is 4.16. The third-order valence-corrected chi connectivity index (χ3v) is 4.16. The van der Waals surface area contributed by atoms with Gasteiger partial charge in [0.05, 0.1) is 11.3 Å². The van der Waals surface area contributed by atoms with Gasteiger partial charge in [0.15, 0.2) is 0 Å². The molecule has 1 saturated carbocycles. The summed E-state index contributed by atoms with van der Waals surface area (Å²) < 4.78 is 0. The Kier molecular flexibility index (Phi) is 4.41. The van der Waals surface area contributed by atoms with Crippen molar-refractivity contribution in [2.45, 2.75) is 52.9 Å². The van der Waals surface area contributed by atoms with Gasteiger partial charge in [0, 0.05) is 7.05 Å². The molecule has 1 fully saturated rings. The van der Waals surface area contributed by atoms with E-state index in [1.165, 1.54) is 0 Å². The molecule has 0 radical (unpaired) electrons. The summed E-state index contributed by atoms with van der Waals surface area (Å²) in [6, 6.07) is 0. The average molecular weight is 254 g/mol. The van der Waals surface area contributed by atoms with Crippen molar-refractivity contribution in [3.63, 3.8) is 0 Å². The van der Waals surface area contributed by atoms with Crippen LogP contribution >= 0.6 is 0 Å². The fraction of sp³-hybridized carbons (Fsp3) is 0.857. The van der Waals surface area contributed by atoms with Crippen molar-refractivity contribution in [3.05, 3.63) is 0 Å². The predicted octanol–water partition coefficient (Wildman–Crippen LogP) is 1.83. The molecule has 0 aromatic rings. The summed E-state index contributed by atoms with van der Waals surface area (Å²) in [7, 11) is 1.62. The fourth-order valence-corrected chi connectivity index (χ4v) is 3.48. The van der Waals surface area contributed by atoms with Crippen LogP contribution in [0.4, 0.5) is 0 Å². The summed E-state index contributed by atoms with van der Waals surface area (Å²) >= 11 is 0. The Morgan fingerprint density at radius 1 is 1.17 bits per heavy atom. The topological polar surface area (TPSA) is 72.2 Å². The van der Waals surface area contributed by atoms with Crippen LogP contribution in [0.1, 0.15) is 52.9 Å². The highest BCUT2D eigenvalue weighted by atomic mass is 16.2. The van der Waals surface area contributed by atoms with E-state index in [2.05, 4.69) is 5.32 Å². The summed E-state index contributed by atoms with van der Waals surface area (Å²) in [5.41, 5.74) is 4.73. The van der Waals surface area contributed by atoms with E-state index in [0.29, 0.717) is 0 Å². The molecule has 0 saturated heterocycles. The largest absolute Gasteiger partial charge is 0.369 e. The van der Waals surface area contributed by atoms with Crippen LogP contribution in [0.2, 0.25) is 0 Å². The number of rotatable bonds is 3. The monoisotopic (exact) mass is 254 g/mol. The minimum Gasteiger partial charge on any atom is -0.369 e. The quantitative estimate of drug-likeness (QED) is 0.806. The first-order valence-corrected chi connectivity index (χ1v) is 6.77. The number of nitrogens with one attached hydrogen (secondary N) is 1. The standard InChI is InChI=1S/C14H26N2O2/c1-13(2,3)10(11(17)16-4)14(12(15)18)8-6-5-7-9-14/h10H,5-9H2,1-4H3,(H2,15,18)(H,16,17)/t10-/m1/s1. The van der Waals surface area contributed by atoms with E-state index in [-0.39, 0.29) is 23.1 Å². The van der Waals surface area contributed by atoms with Crippen LogP contribution < -0.4 is 11.1 Å². The highest BCUT2D eigenvalue weighted by molar-refractivity contribution is 5.90. The number of primary amides is 1. The number of nitrogens with two attached hydrogens (primary N) is 1. The van der Waals surface area contributed by atoms with Crippen LogP contribution in [-0.2, 0) is 9.59 Å². The van der Waals surface area contributed by atoms with Crippen molar-refractivity contribution < 1.29 is 9.59 Å². The van der Waals surface area contributed by atoms with Crippen molar-refractivity contribution in [3.8, 4) is 0 Å². The fourth-order valence-electron chi connectivity index (χ4n) is 3.48. The van der Waals surface area contributed by atoms with Crippen molar-refractivity contribution in [2.75, 3.05) is 7.05 Å². The SMILES string of the molecule is CNC(=O)[C@H](C(C)(C)C)C1(C(N)=O)CCCCC1. The van der Waals surface area contributed by atoms with Crippen LogP contribution in [-0.4, -0.2) is 18.9 Å². The van der Waals surface area contributed by atoms with Crippen LogP contribution in [0.3, 0.4) is 0 Å². The lowest BCUT2D eigenvalue weighted by molar-refractivity contribution is -0.148. The Balaban J connectivity index is 3.21. The first-order valence-electron chi connectivity index (χ1n) is 6.77. The van der Waals surface area contributed by atoms with E-state index in [1.54, 1.807) is 7.05 Å². The van der Waals surface area contributed by atoms with Crippen LogP contribution in [0.25, 0.3) is 0 Å². The van der Waals surface area contributed by atoms with Gasteiger partial charge in [-0.2, -0.15) is 0 Å². The summed E-state index contributed by atoms with van der Waals surface area (Å²) in [5.74, 6) is -0.735. The number of carbonyl (C=O) groups is 2. The lowest BCUT2D eigenvalue weighted by Gasteiger charge is -2.45. The van der Waals surface area contributed by atoms with Gasteiger partial charge in [-0.25, -0.2) is 0 Å². The van der Waals surface area contributed by atoms with Gasteiger partial charge in [-0.15, -0.1) is 0 Å². The van der Waals surface area contributed by atoms with Crippen LogP contribution in [0.5, 0.6) is 0 Å². The zero-order chi connectivity index (χ0) is 14.0. The van der Waals surface area contributed by atoms with Gasteiger partial charge in [-0.3, -0.25) is 9.59 Å². The van der Waals surface area contributed by atoms with Crippen molar-refractivity contribution >= 4 is 11.8 Å². The summed E-state index contributed by atoms with van der Waals surface area (Å²) in [5, 5.41) is 2.70. The van der Waals surface area contributed by atoms with Gasteiger partial charge < -0.3 is 11.1 Å². The molecule has 2 amide bonds. The van der Waals surface area contributed by atoms with E-state index in [9.17, 15) is 9.59 Å². The lowest BCUT2D eigenvalue weighted by atomic mass is 9.57. The van der Waals surface area contributed by atoms with Crippen molar-refractivity contribution in [1.82, 2.24) is 5.32 Å². The van der Waals surface area contributed by atoms with Gasteiger partial charge in [-0.1, -0.05) is 40.0 Å². The maximum absolute atomic E-state index is 12.2. The molecule has 0 heterocycles. The molecule has 104 valence electrons. The molecular formula is C14H26N2O2. The van der Waals surface area contributed by atoms with Crippen molar-refractivity contribution in [2.24, 2.45) is 22.5 Å². The molecule has 1 aliphatic carbocycles. The molecule has 0 bridgehead atoms. The summed E-state index contributed by atoms with van der Waals surface area (Å²) in [6.45, 7) is 6.02. The van der Waals surface area contributed by atoms with Crippen LogP contribution in [0.15, 0.2) is 0 Å². The van der Waals surface area contributed by atoms with Crippen LogP contribution in [0, 0.1) is 16.7 Å². The maximum atomic E-state index is 12.2. The molecule has 18 heavy (non-hydrogen) atoms. The molecular weight excluding hydrogens is 228 g/mol. The molecule has 1 atom stereocenters. The maximum Gasteiger partial charge on any atom is 0.224 e. The van der Waals surface area contributed by atoms with Gasteiger partial charge >= 0.3 is 0 Å². The van der Waals surface area contributed by atoms with E-state index >= 15 is 0 Å². The Labute approximate surface area is 110 Å². The van der Waals surface area contributed by atoms with E-state index < -0.39 is 5.41 Å². The van der Waals surface area contributed by atoms with Gasteiger partial charge in [0.2, 0.25) is 11.8 Å². The molecule has 0 unspecified atom stereocenters. The van der Waals surface area contributed by atoms with Gasteiger partial charge in [-0.05, 0) is 18.3 Å². The average Bonchev–Trinajstić information content (AvgIpc) is 2.28. The second kappa shape index (κ2) is 5.29. The van der Waals surface area contributed by atoms with E-state index in [1.807, 2.05) is 20.8 Å². The molecule has 0 aromatic heterocycles. The lowest BCUT2D eigenvalue weighted by Crippen LogP contribution is -2.54. The van der Waals surface area contributed by atoms with Gasteiger partial charge in [0.1, 0.15) is 0 Å². The van der Waals surface area contributed by atoms with E-state index in [0.717, 1.165) is 32.1 Å². The molecule has 0 aromatic carbocycles. The minimum absolute atomic E-state index is 0.0665. The third kappa shape index (κ3) is 2.68. The molecule has 0 spiro atoms. The zero-order valence-corrected chi connectivity index (χ0v) is 12.0. The number of amides is 2. The predicted molar refractivity (Wildman–Crippen MR) is 71.7 cm³/mol. The Hall–Kier alpha value is -1.06. The van der Waals surface area contributed by atoms with Crippen molar-refractivity contribution in [1.29, 1.82) is 0 Å².